The molecule has 6 heteroatoms. The van der Waals surface area contributed by atoms with Gasteiger partial charge in [0.25, 0.3) is 0 Å². The highest BCUT2D eigenvalue weighted by atomic mass is 16.6. The summed E-state index contributed by atoms with van der Waals surface area (Å²) < 4.78 is 9.75. The maximum absolute atomic E-state index is 11.6. The number of hydrogen-bond acceptors (Lipinski definition) is 4. The summed E-state index contributed by atoms with van der Waals surface area (Å²) in [6.45, 7) is 0.581. The third-order valence-corrected chi connectivity index (χ3v) is 2.30. The van der Waals surface area contributed by atoms with Gasteiger partial charge < -0.3 is 19.7 Å². The van der Waals surface area contributed by atoms with Crippen molar-refractivity contribution in [2.24, 2.45) is 0 Å². The van der Waals surface area contributed by atoms with Gasteiger partial charge in [0.15, 0.2) is 0 Å². The Morgan fingerprint density at radius 2 is 1.79 bits per heavy atom. The topological polar surface area (TPSA) is 67.9 Å². The van der Waals surface area contributed by atoms with E-state index in [0.29, 0.717) is 17.9 Å². The fourth-order valence-electron chi connectivity index (χ4n) is 1.23. The van der Waals surface area contributed by atoms with Crippen molar-refractivity contribution in [2.75, 3.05) is 39.7 Å². The molecule has 1 rings (SSSR count). The molecule has 0 aliphatic carbocycles. The van der Waals surface area contributed by atoms with E-state index in [2.05, 4.69) is 5.32 Å². The minimum atomic E-state index is -0.414. The second kappa shape index (κ2) is 7.38. The summed E-state index contributed by atoms with van der Waals surface area (Å²) in [5.41, 5.74) is 1.05. The predicted octanol–water partition coefficient (Wildman–Crippen LogP) is 1.58. The van der Waals surface area contributed by atoms with Crippen LogP contribution >= 0.6 is 0 Å². The number of ether oxygens (including phenoxy) is 2. The second-order valence-corrected chi connectivity index (χ2v) is 4.03. The van der Waals surface area contributed by atoms with E-state index >= 15 is 0 Å². The molecule has 2 amide bonds. The van der Waals surface area contributed by atoms with Crippen molar-refractivity contribution in [2.45, 2.75) is 0 Å². The van der Waals surface area contributed by atoms with Crippen molar-refractivity contribution < 1.29 is 19.1 Å². The molecule has 104 valence electrons. The first-order valence-corrected chi connectivity index (χ1v) is 5.79. The van der Waals surface area contributed by atoms with E-state index in [1.165, 1.54) is 12.0 Å². The minimum absolute atomic E-state index is 0.217. The van der Waals surface area contributed by atoms with Crippen LogP contribution in [0.2, 0.25) is 0 Å². The third-order valence-electron chi connectivity index (χ3n) is 2.30. The van der Waals surface area contributed by atoms with Crippen LogP contribution < -0.4 is 5.32 Å². The number of carbonyl (C=O) groups is 2. The number of amides is 2. The number of rotatable bonds is 5. The van der Waals surface area contributed by atoms with E-state index in [4.69, 9.17) is 9.47 Å². The maximum atomic E-state index is 11.6. The van der Waals surface area contributed by atoms with Crippen molar-refractivity contribution in [3.63, 3.8) is 0 Å². The van der Waals surface area contributed by atoms with Crippen LogP contribution in [-0.4, -0.2) is 51.3 Å². The Hall–Kier alpha value is -2.08. The van der Waals surface area contributed by atoms with E-state index < -0.39 is 5.97 Å². The molecule has 1 N–H and O–H groups in total. The van der Waals surface area contributed by atoms with Gasteiger partial charge >= 0.3 is 12.0 Å². The smallest absolute Gasteiger partial charge is 0.338 e. The Morgan fingerprint density at radius 3 is 2.32 bits per heavy atom. The highest BCUT2D eigenvalue weighted by Gasteiger charge is 2.08. The lowest BCUT2D eigenvalue weighted by Crippen LogP contribution is -2.27. The number of methoxy groups -OCH3 is 1. The van der Waals surface area contributed by atoms with Crippen LogP contribution in [0.3, 0.4) is 0 Å². The van der Waals surface area contributed by atoms with Crippen LogP contribution in [0.4, 0.5) is 10.5 Å². The summed E-state index contributed by atoms with van der Waals surface area (Å²) >= 11 is 0. The van der Waals surface area contributed by atoms with Gasteiger partial charge in [-0.05, 0) is 24.3 Å². The largest absolute Gasteiger partial charge is 0.460 e. The standard InChI is InChI=1S/C13H18N2O4/c1-15(2)13(17)14-11-6-4-10(5-7-11)12(16)19-9-8-18-3/h4-7H,8-9H2,1-3H3,(H,14,17). The average molecular weight is 266 g/mol. The second-order valence-electron chi connectivity index (χ2n) is 4.03. The summed E-state index contributed by atoms with van der Waals surface area (Å²) in [5.74, 6) is -0.414. The van der Waals surface area contributed by atoms with Gasteiger partial charge in [0.05, 0.1) is 12.2 Å². The van der Waals surface area contributed by atoms with Crippen LogP contribution in [0.15, 0.2) is 24.3 Å². The molecule has 0 fully saturated rings. The predicted molar refractivity (Wildman–Crippen MR) is 71.3 cm³/mol. The summed E-state index contributed by atoms with van der Waals surface area (Å²) in [7, 11) is 4.84. The quantitative estimate of drug-likeness (QED) is 0.649. The first-order chi connectivity index (χ1) is 9.04. The van der Waals surface area contributed by atoms with Gasteiger partial charge in [0.2, 0.25) is 0 Å². The number of urea groups is 1. The van der Waals surface area contributed by atoms with Crippen molar-refractivity contribution in [1.29, 1.82) is 0 Å². The third kappa shape index (κ3) is 4.97. The number of esters is 1. The number of benzene rings is 1. The van der Waals surface area contributed by atoms with E-state index in [1.807, 2.05) is 0 Å². The van der Waals surface area contributed by atoms with Gasteiger partial charge in [-0.3, -0.25) is 0 Å². The highest BCUT2D eigenvalue weighted by Crippen LogP contribution is 2.11. The molecule has 0 unspecified atom stereocenters. The lowest BCUT2D eigenvalue weighted by atomic mass is 10.2. The Bertz CT molecular complexity index is 429. The van der Waals surface area contributed by atoms with Gasteiger partial charge in [-0.2, -0.15) is 0 Å². The molecule has 0 radical (unpaired) electrons. The van der Waals surface area contributed by atoms with E-state index in [9.17, 15) is 9.59 Å². The molecular formula is C13H18N2O4. The monoisotopic (exact) mass is 266 g/mol. The van der Waals surface area contributed by atoms with E-state index in [-0.39, 0.29) is 12.6 Å². The van der Waals surface area contributed by atoms with E-state index in [1.54, 1.807) is 38.4 Å². The molecule has 0 aliphatic rings. The van der Waals surface area contributed by atoms with Crippen LogP contribution in [0, 0.1) is 0 Å². The summed E-state index contributed by atoms with van der Waals surface area (Å²) in [6, 6.07) is 6.26. The van der Waals surface area contributed by atoms with Gasteiger partial charge in [0.1, 0.15) is 6.61 Å². The Balaban J connectivity index is 2.56. The van der Waals surface area contributed by atoms with Crippen LogP contribution in [-0.2, 0) is 9.47 Å². The minimum Gasteiger partial charge on any atom is -0.460 e. The van der Waals surface area contributed by atoms with Gasteiger partial charge in [0, 0.05) is 26.9 Å². The normalized spacial score (nSPS) is 9.84. The average Bonchev–Trinajstić information content (AvgIpc) is 2.39. The molecule has 19 heavy (non-hydrogen) atoms. The summed E-state index contributed by atoms with van der Waals surface area (Å²) in [5, 5.41) is 2.67. The van der Waals surface area contributed by atoms with Crippen LogP contribution in [0.1, 0.15) is 10.4 Å². The number of nitrogens with one attached hydrogen (secondary N) is 1. The zero-order valence-corrected chi connectivity index (χ0v) is 11.3. The Labute approximate surface area is 112 Å². The lowest BCUT2D eigenvalue weighted by Gasteiger charge is -2.12. The summed E-state index contributed by atoms with van der Waals surface area (Å²) in [6.07, 6.45) is 0. The molecule has 0 saturated carbocycles. The Morgan fingerprint density at radius 1 is 1.16 bits per heavy atom. The molecule has 0 spiro atoms. The molecule has 0 bridgehead atoms. The zero-order chi connectivity index (χ0) is 14.3. The molecule has 0 atom stereocenters. The van der Waals surface area contributed by atoms with Crippen molar-refractivity contribution in [1.82, 2.24) is 4.90 Å². The fourth-order valence-corrected chi connectivity index (χ4v) is 1.23. The zero-order valence-electron chi connectivity index (χ0n) is 11.3. The first-order valence-electron chi connectivity index (χ1n) is 5.79. The molecule has 0 saturated heterocycles. The summed E-state index contributed by atoms with van der Waals surface area (Å²) in [4.78, 5) is 24.4. The Kier molecular flexibility index (Phi) is 5.81. The number of nitrogens with zero attached hydrogens (tertiary/aromatic N) is 1. The molecule has 1 aromatic carbocycles. The SMILES string of the molecule is COCCOC(=O)c1ccc(NC(=O)N(C)C)cc1. The number of hydrogen-bond donors (Lipinski definition) is 1. The van der Waals surface area contributed by atoms with E-state index in [0.717, 1.165) is 0 Å². The van der Waals surface area contributed by atoms with Gasteiger partial charge in [-0.25, -0.2) is 9.59 Å². The molecule has 1 aromatic rings. The number of anilines is 1. The van der Waals surface area contributed by atoms with Gasteiger partial charge in [-0.1, -0.05) is 0 Å². The van der Waals surface area contributed by atoms with Crippen molar-refractivity contribution in [3.05, 3.63) is 29.8 Å². The maximum Gasteiger partial charge on any atom is 0.338 e. The van der Waals surface area contributed by atoms with Crippen molar-refractivity contribution in [3.8, 4) is 0 Å². The fraction of sp³-hybridized carbons (Fsp3) is 0.385. The lowest BCUT2D eigenvalue weighted by molar-refractivity contribution is 0.0388. The molecule has 0 aliphatic heterocycles. The van der Waals surface area contributed by atoms with Crippen LogP contribution in [0.5, 0.6) is 0 Å². The number of carbonyl (C=O) groups excluding carboxylic acids is 2. The molecular weight excluding hydrogens is 248 g/mol. The highest BCUT2D eigenvalue weighted by molar-refractivity contribution is 5.92. The van der Waals surface area contributed by atoms with Crippen LogP contribution in [0.25, 0.3) is 0 Å². The first kappa shape index (κ1) is 15.0. The molecule has 0 aromatic heterocycles. The molecule has 0 heterocycles. The van der Waals surface area contributed by atoms with Crippen molar-refractivity contribution >= 4 is 17.7 Å². The molecule has 6 nitrogen and oxygen atoms in total. The van der Waals surface area contributed by atoms with Gasteiger partial charge in [-0.15, -0.1) is 0 Å².